The molecular weight excluding hydrogens is 474 g/mol. The van der Waals surface area contributed by atoms with Gasteiger partial charge in [-0.15, -0.1) is 11.3 Å². The SMILES string of the molecule is COC(=O)c1cc2c(Cn3c(C(=O)N[C@H]4CC[C@H](N)CC4)cc4ccc(C(=N)N)cc43)cccc2s1. The molecule has 0 unspecified atom stereocenters. The van der Waals surface area contributed by atoms with Crippen LogP contribution in [0.25, 0.3) is 21.0 Å². The fourth-order valence-corrected chi connectivity index (χ4v) is 5.96. The lowest BCUT2D eigenvalue weighted by molar-refractivity contribution is 0.0606. The number of carbonyl (C=O) groups is 2. The second kappa shape index (κ2) is 9.75. The van der Waals surface area contributed by atoms with Crippen molar-refractivity contribution >= 4 is 50.0 Å². The molecule has 2 heterocycles. The number of amidine groups is 1. The van der Waals surface area contributed by atoms with Gasteiger partial charge in [0, 0.05) is 39.8 Å². The summed E-state index contributed by atoms with van der Waals surface area (Å²) in [6.45, 7) is 0.415. The maximum atomic E-state index is 13.5. The van der Waals surface area contributed by atoms with Crippen molar-refractivity contribution in [3.8, 4) is 0 Å². The molecule has 0 saturated heterocycles. The summed E-state index contributed by atoms with van der Waals surface area (Å²) < 4.78 is 7.85. The highest BCUT2D eigenvalue weighted by atomic mass is 32.1. The van der Waals surface area contributed by atoms with Crippen LogP contribution in [0.4, 0.5) is 0 Å². The highest BCUT2D eigenvalue weighted by Gasteiger charge is 2.24. The molecule has 1 saturated carbocycles. The van der Waals surface area contributed by atoms with Gasteiger partial charge in [0.15, 0.2) is 0 Å². The number of hydrogen-bond acceptors (Lipinski definition) is 6. The molecule has 0 radical (unpaired) electrons. The van der Waals surface area contributed by atoms with Gasteiger partial charge in [-0.05, 0) is 60.9 Å². The first-order chi connectivity index (χ1) is 17.3. The van der Waals surface area contributed by atoms with Gasteiger partial charge in [0.25, 0.3) is 5.91 Å². The number of ether oxygens (including phenoxy) is 1. The predicted molar refractivity (Wildman–Crippen MR) is 143 cm³/mol. The number of aromatic nitrogens is 1. The topological polar surface area (TPSA) is 136 Å². The van der Waals surface area contributed by atoms with E-state index in [1.54, 1.807) is 6.07 Å². The lowest BCUT2D eigenvalue weighted by Crippen LogP contribution is -2.41. The summed E-state index contributed by atoms with van der Waals surface area (Å²) in [6.07, 6.45) is 3.54. The van der Waals surface area contributed by atoms with Crippen molar-refractivity contribution in [1.29, 1.82) is 5.41 Å². The first-order valence-electron chi connectivity index (χ1n) is 12.0. The summed E-state index contributed by atoms with van der Waals surface area (Å²) in [5, 5.41) is 12.9. The third-order valence-electron chi connectivity index (χ3n) is 6.92. The average molecular weight is 504 g/mol. The van der Waals surface area contributed by atoms with E-state index in [0.29, 0.717) is 22.7 Å². The maximum Gasteiger partial charge on any atom is 0.348 e. The molecule has 0 aliphatic heterocycles. The van der Waals surface area contributed by atoms with E-state index in [4.69, 9.17) is 21.6 Å². The zero-order valence-electron chi connectivity index (χ0n) is 20.0. The van der Waals surface area contributed by atoms with Crippen molar-refractivity contribution in [2.75, 3.05) is 7.11 Å². The van der Waals surface area contributed by atoms with Gasteiger partial charge in [0.05, 0.1) is 7.11 Å². The van der Waals surface area contributed by atoms with E-state index in [0.717, 1.165) is 52.2 Å². The number of methoxy groups -OCH3 is 1. The van der Waals surface area contributed by atoms with E-state index < -0.39 is 0 Å². The molecule has 8 nitrogen and oxygen atoms in total. The standard InChI is InChI=1S/C27H29N5O3S/c1-35-27(34)24-13-20-17(3-2-4-23(20)36-24)14-32-21-12-16(25(29)30)6-5-15(21)11-22(32)26(33)31-19-9-7-18(28)8-10-19/h2-6,11-13,18-19H,7-10,14,28H2,1H3,(H3,29,30)(H,31,33)/t18-,19-. The van der Waals surface area contributed by atoms with Crippen LogP contribution < -0.4 is 16.8 Å². The molecule has 6 N–H and O–H groups in total. The number of nitrogen functional groups attached to an aromatic ring is 1. The minimum atomic E-state index is -0.369. The third kappa shape index (κ3) is 4.59. The van der Waals surface area contributed by atoms with E-state index >= 15 is 0 Å². The number of carbonyl (C=O) groups excluding carboxylic acids is 2. The molecule has 186 valence electrons. The van der Waals surface area contributed by atoms with Crippen LogP contribution in [0.15, 0.2) is 48.5 Å². The summed E-state index contributed by atoms with van der Waals surface area (Å²) in [5.74, 6) is -0.535. The van der Waals surface area contributed by atoms with Gasteiger partial charge in [0.2, 0.25) is 0 Å². The second-order valence-corrected chi connectivity index (χ2v) is 10.4. The van der Waals surface area contributed by atoms with E-state index in [9.17, 15) is 9.59 Å². The van der Waals surface area contributed by atoms with Crippen molar-refractivity contribution < 1.29 is 14.3 Å². The van der Waals surface area contributed by atoms with Crippen LogP contribution in [-0.4, -0.2) is 41.5 Å². The summed E-state index contributed by atoms with van der Waals surface area (Å²) in [5.41, 5.74) is 14.7. The van der Waals surface area contributed by atoms with Crippen LogP contribution in [0.3, 0.4) is 0 Å². The van der Waals surface area contributed by atoms with Crippen LogP contribution in [0.1, 0.15) is 57.0 Å². The molecule has 1 aliphatic rings. The lowest BCUT2D eigenvalue weighted by atomic mass is 9.92. The molecule has 0 bridgehead atoms. The fraction of sp³-hybridized carbons (Fsp3) is 0.296. The van der Waals surface area contributed by atoms with Gasteiger partial charge in [-0.25, -0.2) is 4.79 Å². The zero-order chi connectivity index (χ0) is 25.4. The Morgan fingerprint density at radius 1 is 1.14 bits per heavy atom. The Morgan fingerprint density at radius 2 is 1.92 bits per heavy atom. The number of esters is 1. The molecule has 2 aromatic carbocycles. The van der Waals surface area contributed by atoms with Gasteiger partial charge in [-0.2, -0.15) is 0 Å². The van der Waals surface area contributed by atoms with E-state index in [1.807, 2.05) is 47.0 Å². The molecule has 5 rings (SSSR count). The summed E-state index contributed by atoms with van der Waals surface area (Å²) in [4.78, 5) is 26.2. The quantitative estimate of drug-likeness (QED) is 0.179. The van der Waals surface area contributed by atoms with Crippen molar-refractivity contribution in [3.63, 3.8) is 0 Å². The number of amides is 1. The number of thiophene rings is 1. The number of hydrogen-bond donors (Lipinski definition) is 4. The molecule has 9 heteroatoms. The Labute approximate surface area is 212 Å². The number of fused-ring (bicyclic) bond motifs is 2. The van der Waals surface area contributed by atoms with Crippen LogP contribution in [0.5, 0.6) is 0 Å². The van der Waals surface area contributed by atoms with E-state index in [-0.39, 0.29) is 29.8 Å². The Hall–Kier alpha value is -3.69. The first-order valence-corrected chi connectivity index (χ1v) is 12.8. The lowest BCUT2D eigenvalue weighted by Gasteiger charge is -2.27. The average Bonchev–Trinajstić information content (AvgIpc) is 3.47. The molecule has 1 amide bonds. The van der Waals surface area contributed by atoms with Gasteiger partial charge >= 0.3 is 5.97 Å². The van der Waals surface area contributed by atoms with Crippen LogP contribution in [-0.2, 0) is 11.3 Å². The normalized spacial score (nSPS) is 17.8. The molecule has 0 spiro atoms. The number of rotatable bonds is 6. The molecular formula is C27H29N5O3S. The monoisotopic (exact) mass is 503 g/mol. The van der Waals surface area contributed by atoms with Gasteiger partial charge in [0.1, 0.15) is 16.4 Å². The van der Waals surface area contributed by atoms with Crippen LogP contribution >= 0.6 is 11.3 Å². The second-order valence-electron chi connectivity index (χ2n) is 9.32. The minimum Gasteiger partial charge on any atom is -0.465 e. The number of benzene rings is 2. The Morgan fingerprint density at radius 3 is 2.64 bits per heavy atom. The van der Waals surface area contributed by atoms with Crippen LogP contribution in [0, 0.1) is 5.41 Å². The van der Waals surface area contributed by atoms with E-state index in [1.165, 1.54) is 18.4 Å². The molecule has 0 atom stereocenters. The van der Waals surface area contributed by atoms with Crippen LogP contribution in [0.2, 0.25) is 0 Å². The highest BCUT2D eigenvalue weighted by Crippen LogP contribution is 2.31. The largest absolute Gasteiger partial charge is 0.465 e. The van der Waals surface area contributed by atoms with E-state index in [2.05, 4.69) is 5.32 Å². The third-order valence-corrected chi connectivity index (χ3v) is 8.00. The number of nitrogens with zero attached hydrogens (tertiary/aromatic N) is 1. The molecule has 2 aromatic heterocycles. The number of nitrogens with one attached hydrogen (secondary N) is 2. The zero-order valence-corrected chi connectivity index (χ0v) is 20.9. The van der Waals surface area contributed by atoms with Crippen molar-refractivity contribution in [2.45, 2.75) is 44.3 Å². The first kappa shape index (κ1) is 24.0. The maximum absolute atomic E-state index is 13.5. The Balaban J connectivity index is 1.57. The Kier molecular flexibility index (Phi) is 6.51. The molecule has 4 aromatic rings. The molecule has 1 aliphatic carbocycles. The van der Waals surface area contributed by atoms with Crippen molar-refractivity contribution in [3.05, 3.63) is 70.2 Å². The smallest absolute Gasteiger partial charge is 0.348 e. The van der Waals surface area contributed by atoms with Crippen molar-refractivity contribution in [2.24, 2.45) is 11.5 Å². The molecule has 36 heavy (non-hydrogen) atoms. The fourth-order valence-electron chi connectivity index (χ4n) is 4.93. The predicted octanol–water partition coefficient (Wildman–Crippen LogP) is 3.97. The number of nitrogens with two attached hydrogens (primary N) is 2. The minimum absolute atomic E-state index is 0.0307. The summed E-state index contributed by atoms with van der Waals surface area (Å²) in [7, 11) is 1.37. The van der Waals surface area contributed by atoms with Crippen molar-refractivity contribution in [1.82, 2.24) is 9.88 Å². The van der Waals surface area contributed by atoms with Gasteiger partial charge in [-0.3, -0.25) is 10.2 Å². The summed E-state index contributed by atoms with van der Waals surface area (Å²) >= 11 is 1.38. The summed E-state index contributed by atoms with van der Waals surface area (Å²) in [6, 6.07) is 15.5. The Bertz CT molecular complexity index is 1480. The highest BCUT2D eigenvalue weighted by molar-refractivity contribution is 7.20. The van der Waals surface area contributed by atoms with Gasteiger partial charge < -0.3 is 26.1 Å². The van der Waals surface area contributed by atoms with Gasteiger partial charge in [-0.1, -0.05) is 24.3 Å². The molecule has 1 fully saturated rings.